The molecular formula is C23H17N3O3. The van der Waals surface area contributed by atoms with Gasteiger partial charge in [-0.3, -0.25) is 10.1 Å². The highest BCUT2D eigenvalue weighted by molar-refractivity contribution is 5.74. The van der Waals surface area contributed by atoms with Gasteiger partial charge in [0.15, 0.2) is 0 Å². The molecule has 4 rings (SSSR count). The highest BCUT2D eigenvalue weighted by Crippen LogP contribution is 2.31. The molecule has 0 aliphatic heterocycles. The first kappa shape index (κ1) is 18.2. The van der Waals surface area contributed by atoms with Crippen LogP contribution in [0.4, 0.5) is 5.69 Å². The van der Waals surface area contributed by atoms with Crippen molar-refractivity contribution in [2.45, 2.75) is 0 Å². The molecule has 142 valence electrons. The zero-order valence-corrected chi connectivity index (χ0v) is 15.3. The maximum atomic E-state index is 10.8. The molecule has 0 aliphatic carbocycles. The molecule has 6 nitrogen and oxygen atoms in total. The molecule has 0 aliphatic rings. The van der Waals surface area contributed by atoms with E-state index in [0.29, 0.717) is 11.3 Å². The van der Waals surface area contributed by atoms with Crippen molar-refractivity contribution in [1.82, 2.24) is 9.78 Å². The summed E-state index contributed by atoms with van der Waals surface area (Å²) in [5.74, 6) is 0.176. The van der Waals surface area contributed by atoms with Crippen molar-refractivity contribution < 1.29 is 10.0 Å². The van der Waals surface area contributed by atoms with Crippen LogP contribution in [0.5, 0.6) is 5.75 Å². The van der Waals surface area contributed by atoms with Gasteiger partial charge in [0, 0.05) is 17.7 Å². The average Bonchev–Trinajstić information content (AvgIpc) is 3.17. The number of phenols is 1. The number of nitro benzene ring substituents is 1. The number of aromatic hydroxyl groups is 1. The van der Waals surface area contributed by atoms with Gasteiger partial charge < -0.3 is 5.11 Å². The Hall–Kier alpha value is -4.19. The minimum atomic E-state index is -0.423. The van der Waals surface area contributed by atoms with Gasteiger partial charge in [0.1, 0.15) is 5.75 Å². The van der Waals surface area contributed by atoms with E-state index >= 15 is 0 Å². The molecule has 0 bridgehead atoms. The van der Waals surface area contributed by atoms with Crippen molar-refractivity contribution in [1.29, 1.82) is 0 Å². The van der Waals surface area contributed by atoms with Gasteiger partial charge in [-0.2, -0.15) is 5.10 Å². The van der Waals surface area contributed by atoms with Gasteiger partial charge in [-0.05, 0) is 54.1 Å². The Morgan fingerprint density at radius 1 is 0.897 bits per heavy atom. The third kappa shape index (κ3) is 3.91. The summed E-state index contributed by atoms with van der Waals surface area (Å²) in [6, 6.07) is 25.0. The molecule has 0 saturated heterocycles. The molecule has 0 spiro atoms. The number of hydrogen-bond acceptors (Lipinski definition) is 4. The molecule has 0 saturated carbocycles. The SMILES string of the molecule is O=[N+]([O-])c1ccc(/C=C/c2cc(-c3ccccc3O)n(-c3ccccc3)n2)cc1. The van der Waals surface area contributed by atoms with Crippen LogP contribution in [0.1, 0.15) is 11.3 Å². The monoisotopic (exact) mass is 383 g/mol. The number of non-ortho nitro benzene ring substituents is 1. The summed E-state index contributed by atoms with van der Waals surface area (Å²) < 4.78 is 1.78. The number of benzene rings is 3. The molecule has 6 heteroatoms. The predicted molar refractivity (Wildman–Crippen MR) is 113 cm³/mol. The Morgan fingerprint density at radius 3 is 2.28 bits per heavy atom. The lowest BCUT2D eigenvalue weighted by Crippen LogP contribution is -1.98. The molecule has 0 atom stereocenters. The normalized spacial score (nSPS) is 11.0. The van der Waals surface area contributed by atoms with Gasteiger partial charge in [0.05, 0.1) is 22.0 Å². The van der Waals surface area contributed by atoms with E-state index in [0.717, 1.165) is 16.9 Å². The lowest BCUT2D eigenvalue weighted by atomic mass is 10.1. The highest BCUT2D eigenvalue weighted by Gasteiger charge is 2.13. The maximum absolute atomic E-state index is 10.8. The van der Waals surface area contributed by atoms with Gasteiger partial charge in [-0.25, -0.2) is 4.68 Å². The number of rotatable bonds is 5. The quantitative estimate of drug-likeness (QED) is 0.373. The Morgan fingerprint density at radius 2 is 1.59 bits per heavy atom. The molecular weight excluding hydrogens is 366 g/mol. The van der Waals surface area contributed by atoms with Crippen molar-refractivity contribution in [2.24, 2.45) is 0 Å². The summed E-state index contributed by atoms with van der Waals surface area (Å²) in [6.45, 7) is 0. The third-order valence-electron chi connectivity index (χ3n) is 4.46. The summed E-state index contributed by atoms with van der Waals surface area (Å²) in [4.78, 5) is 10.4. The first-order valence-corrected chi connectivity index (χ1v) is 8.98. The number of hydrogen-bond donors (Lipinski definition) is 1. The second-order valence-electron chi connectivity index (χ2n) is 6.40. The fourth-order valence-electron chi connectivity index (χ4n) is 3.02. The number of nitro groups is 1. The van der Waals surface area contributed by atoms with E-state index in [2.05, 4.69) is 5.10 Å². The summed E-state index contributed by atoms with van der Waals surface area (Å²) in [6.07, 6.45) is 3.68. The fraction of sp³-hybridized carbons (Fsp3) is 0. The lowest BCUT2D eigenvalue weighted by Gasteiger charge is -2.08. The molecule has 1 aromatic heterocycles. The molecule has 0 amide bonds. The Bertz CT molecular complexity index is 1180. The van der Waals surface area contributed by atoms with E-state index in [-0.39, 0.29) is 11.4 Å². The van der Waals surface area contributed by atoms with E-state index in [1.54, 1.807) is 28.9 Å². The summed E-state index contributed by atoms with van der Waals surface area (Å²) >= 11 is 0. The van der Waals surface area contributed by atoms with Crippen LogP contribution in [-0.4, -0.2) is 19.8 Å². The summed E-state index contributed by atoms with van der Waals surface area (Å²) in [5.41, 5.74) is 3.90. The van der Waals surface area contributed by atoms with E-state index in [9.17, 15) is 15.2 Å². The number of aromatic nitrogens is 2. The van der Waals surface area contributed by atoms with Crippen LogP contribution in [0, 0.1) is 10.1 Å². The molecule has 3 aromatic carbocycles. The van der Waals surface area contributed by atoms with Crippen molar-refractivity contribution >= 4 is 17.8 Å². The Labute approximate surface area is 167 Å². The minimum Gasteiger partial charge on any atom is -0.507 e. The lowest BCUT2D eigenvalue weighted by molar-refractivity contribution is -0.384. The van der Waals surface area contributed by atoms with Gasteiger partial charge >= 0.3 is 0 Å². The third-order valence-corrected chi connectivity index (χ3v) is 4.46. The second-order valence-corrected chi connectivity index (χ2v) is 6.40. The maximum Gasteiger partial charge on any atom is 0.269 e. The number of para-hydroxylation sites is 2. The zero-order valence-electron chi connectivity index (χ0n) is 15.3. The predicted octanol–water partition coefficient (Wildman–Crippen LogP) is 5.32. The van der Waals surface area contributed by atoms with Crippen molar-refractivity contribution in [3.63, 3.8) is 0 Å². The molecule has 0 unspecified atom stereocenters. The van der Waals surface area contributed by atoms with Crippen LogP contribution < -0.4 is 0 Å². The summed E-state index contributed by atoms with van der Waals surface area (Å²) in [5, 5.41) is 25.8. The van der Waals surface area contributed by atoms with Gasteiger partial charge in [0.25, 0.3) is 5.69 Å². The standard InChI is InChI=1S/C23H17N3O3/c27-23-9-5-4-8-21(23)22-16-18(24-25(22)19-6-2-1-3-7-19)13-10-17-11-14-20(15-12-17)26(28)29/h1-16,27H/b13-10+. The first-order valence-electron chi connectivity index (χ1n) is 8.98. The van der Waals surface area contributed by atoms with Crippen LogP contribution in [-0.2, 0) is 0 Å². The molecule has 1 heterocycles. The average molecular weight is 383 g/mol. The van der Waals surface area contributed by atoms with Gasteiger partial charge in [-0.15, -0.1) is 0 Å². The topological polar surface area (TPSA) is 81.2 Å². The molecule has 0 radical (unpaired) electrons. The van der Waals surface area contributed by atoms with Crippen molar-refractivity contribution in [3.8, 4) is 22.7 Å². The van der Waals surface area contributed by atoms with Crippen molar-refractivity contribution in [3.05, 3.63) is 106 Å². The summed E-state index contributed by atoms with van der Waals surface area (Å²) in [7, 11) is 0. The smallest absolute Gasteiger partial charge is 0.269 e. The van der Waals surface area contributed by atoms with E-state index < -0.39 is 4.92 Å². The van der Waals surface area contributed by atoms with Gasteiger partial charge in [0.2, 0.25) is 0 Å². The van der Waals surface area contributed by atoms with Crippen LogP contribution in [0.2, 0.25) is 0 Å². The minimum absolute atomic E-state index is 0.0531. The number of phenolic OH excluding ortho intramolecular Hbond substituents is 1. The van der Waals surface area contributed by atoms with E-state index in [1.807, 2.05) is 60.7 Å². The highest BCUT2D eigenvalue weighted by atomic mass is 16.6. The molecule has 29 heavy (non-hydrogen) atoms. The van der Waals surface area contributed by atoms with Crippen molar-refractivity contribution in [2.75, 3.05) is 0 Å². The van der Waals surface area contributed by atoms with Crippen LogP contribution in [0.3, 0.4) is 0 Å². The zero-order chi connectivity index (χ0) is 20.2. The van der Waals surface area contributed by atoms with E-state index in [1.165, 1.54) is 12.1 Å². The van der Waals surface area contributed by atoms with Crippen LogP contribution >= 0.6 is 0 Å². The Balaban J connectivity index is 1.73. The molecule has 4 aromatic rings. The largest absolute Gasteiger partial charge is 0.507 e. The number of nitrogens with zero attached hydrogens (tertiary/aromatic N) is 3. The second kappa shape index (κ2) is 7.82. The van der Waals surface area contributed by atoms with Gasteiger partial charge in [-0.1, -0.05) is 36.4 Å². The van der Waals surface area contributed by atoms with Crippen LogP contribution in [0.15, 0.2) is 84.9 Å². The van der Waals surface area contributed by atoms with Crippen LogP contribution in [0.25, 0.3) is 29.1 Å². The first-order chi connectivity index (χ1) is 14.1. The Kier molecular flexibility index (Phi) is 4.90. The molecule has 0 fully saturated rings. The fourth-order valence-corrected chi connectivity index (χ4v) is 3.02. The van der Waals surface area contributed by atoms with E-state index in [4.69, 9.17) is 0 Å². The molecule has 1 N–H and O–H groups in total.